The lowest BCUT2D eigenvalue weighted by Crippen LogP contribution is -2.30. The molecule has 0 aliphatic carbocycles. The number of hydrogen-bond donors (Lipinski definition) is 2. The third-order valence-corrected chi connectivity index (χ3v) is 5.22. The minimum Gasteiger partial charge on any atom is -0.465 e. The maximum Gasteiger partial charge on any atom is 0.338 e. The number of benzene rings is 1. The summed E-state index contributed by atoms with van der Waals surface area (Å²) >= 11 is 1.18. The molecule has 0 saturated carbocycles. The van der Waals surface area contributed by atoms with Gasteiger partial charge in [-0.15, -0.1) is 0 Å². The number of urea groups is 1. The van der Waals surface area contributed by atoms with Gasteiger partial charge in [0.1, 0.15) is 0 Å². The van der Waals surface area contributed by atoms with Gasteiger partial charge in [-0.3, -0.25) is 9.78 Å². The predicted octanol–water partition coefficient (Wildman–Crippen LogP) is 3.56. The molecule has 2 heterocycles. The molecule has 0 spiro atoms. The van der Waals surface area contributed by atoms with E-state index in [-0.39, 0.29) is 19.0 Å². The summed E-state index contributed by atoms with van der Waals surface area (Å²) in [5.41, 5.74) is 2.21. The van der Waals surface area contributed by atoms with E-state index in [4.69, 9.17) is 9.47 Å². The molecule has 0 saturated heterocycles. The van der Waals surface area contributed by atoms with Crippen molar-refractivity contribution in [1.82, 2.24) is 20.3 Å². The van der Waals surface area contributed by atoms with Gasteiger partial charge in [-0.2, -0.15) is 0 Å². The molecule has 0 aliphatic heterocycles. The number of rotatable bonds is 11. The first kappa shape index (κ1) is 25.6. The molecule has 35 heavy (non-hydrogen) atoms. The summed E-state index contributed by atoms with van der Waals surface area (Å²) in [6.45, 7) is 2.46. The normalized spacial score (nSPS) is 10.3. The van der Waals surface area contributed by atoms with E-state index in [0.717, 1.165) is 5.69 Å². The molecule has 0 atom stereocenters. The van der Waals surface area contributed by atoms with Crippen molar-refractivity contribution in [1.29, 1.82) is 0 Å². The fraction of sp³-hybridized carbons (Fsp3) is 0.250. The molecule has 0 radical (unpaired) electrons. The average Bonchev–Trinajstić information content (AvgIpc) is 2.88. The van der Waals surface area contributed by atoms with Gasteiger partial charge in [0, 0.05) is 24.6 Å². The number of hydrogen-bond acceptors (Lipinski definition) is 9. The Bertz CT molecular complexity index is 1150. The summed E-state index contributed by atoms with van der Waals surface area (Å²) in [4.78, 5) is 48.6. The monoisotopic (exact) mass is 495 g/mol. The number of thioether (sulfide) groups is 1. The second-order valence-corrected chi connectivity index (χ2v) is 7.93. The van der Waals surface area contributed by atoms with E-state index in [2.05, 4.69) is 25.6 Å². The highest BCUT2D eigenvalue weighted by molar-refractivity contribution is 7.99. The Kier molecular flexibility index (Phi) is 10.00. The molecule has 3 rings (SSSR count). The van der Waals surface area contributed by atoms with Crippen LogP contribution < -0.4 is 10.6 Å². The molecule has 0 fully saturated rings. The summed E-state index contributed by atoms with van der Waals surface area (Å²) in [6.07, 6.45) is 3.75. The summed E-state index contributed by atoms with van der Waals surface area (Å²) in [6, 6.07) is 13.3. The quantitative estimate of drug-likeness (QED) is 0.177. The van der Waals surface area contributed by atoms with Gasteiger partial charge in [0.25, 0.3) is 0 Å². The van der Waals surface area contributed by atoms with E-state index in [0.29, 0.717) is 35.1 Å². The summed E-state index contributed by atoms with van der Waals surface area (Å²) in [5.74, 6) is -0.790. The Labute approximate surface area is 206 Å². The molecular weight excluding hydrogens is 470 g/mol. The molecule has 0 unspecified atom stereocenters. The fourth-order valence-corrected chi connectivity index (χ4v) is 3.43. The van der Waals surface area contributed by atoms with Crippen molar-refractivity contribution in [3.63, 3.8) is 0 Å². The molecule has 0 bridgehead atoms. The molecular formula is C24H25N5O5S. The second kappa shape index (κ2) is 13.7. The van der Waals surface area contributed by atoms with Crippen molar-refractivity contribution in [2.45, 2.75) is 18.5 Å². The molecule has 1 aromatic carbocycles. The molecule has 2 amide bonds. The zero-order valence-electron chi connectivity index (χ0n) is 19.1. The molecule has 11 heteroatoms. The smallest absolute Gasteiger partial charge is 0.338 e. The maximum atomic E-state index is 12.0. The van der Waals surface area contributed by atoms with Crippen molar-refractivity contribution >= 4 is 35.4 Å². The van der Waals surface area contributed by atoms with E-state index in [1.165, 1.54) is 17.8 Å². The number of aromatic nitrogens is 3. The summed E-state index contributed by atoms with van der Waals surface area (Å²) in [5, 5.41) is 5.77. The highest BCUT2D eigenvalue weighted by atomic mass is 32.2. The fourth-order valence-electron chi connectivity index (χ4n) is 2.81. The van der Waals surface area contributed by atoms with Crippen LogP contribution in [0.5, 0.6) is 0 Å². The highest BCUT2D eigenvalue weighted by Crippen LogP contribution is 2.18. The van der Waals surface area contributed by atoms with Crippen molar-refractivity contribution < 1.29 is 23.9 Å². The first-order chi connectivity index (χ1) is 17.0. The summed E-state index contributed by atoms with van der Waals surface area (Å²) < 4.78 is 10.1. The minimum absolute atomic E-state index is 0.0659. The standard InChI is InChI=1S/C24H25N5O5S/c1-2-33-22(31)17-7-5-8-18(15-17)28-23(32)26-12-6-14-34-21(30)16-35-24-27-13-10-20(29-24)19-9-3-4-11-25-19/h3-5,7-11,13,15H,2,6,12,14,16H2,1H3,(H2,26,28,32). The third kappa shape index (κ3) is 8.70. The first-order valence-corrected chi connectivity index (χ1v) is 11.9. The predicted molar refractivity (Wildman–Crippen MR) is 131 cm³/mol. The minimum atomic E-state index is -0.455. The third-order valence-electron chi connectivity index (χ3n) is 4.38. The Morgan fingerprint density at radius 3 is 2.66 bits per heavy atom. The summed E-state index contributed by atoms with van der Waals surface area (Å²) in [7, 11) is 0. The van der Waals surface area contributed by atoms with Gasteiger partial charge in [-0.1, -0.05) is 23.9 Å². The maximum absolute atomic E-state index is 12.0. The molecule has 0 aliphatic rings. The Hall–Kier alpha value is -3.99. The molecule has 2 aromatic heterocycles. The molecule has 10 nitrogen and oxygen atoms in total. The number of anilines is 1. The van der Waals surface area contributed by atoms with Gasteiger partial charge < -0.3 is 20.1 Å². The van der Waals surface area contributed by atoms with Crippen LogP contribution in [0.25, 0.3) is 11.4 Å². The zero-order chi connectivity index (χ0) is 24.9. The number of nitrogens with one attached hydrogen (secondary N) is 2. The van der Waals surface area contributed by atoms with Gasteiger partial charge >= 0.3 is 18.0 Å². The van der Waals surface area contributed by atoms with E-state index in [9.17, 15) is 14.4 Å². The van der Waals surface area contributed by atoms with E-state index < -0.39 is 18.0 Å². The number of carbonyl (C=O) groups is 3. The Morgan fingerprint density at radius 1 is 0.971 bits per heavy atom. The lowest BCUT2D eigenvalue weighted by Gasteiger charge is -2.09. The number of nitrogens with zero attached hydrogens (tertiary/aromatic N) is 3. The van der Waals surface area contributed by atoms with Crippen LogP contribution in [0.2, 0.25) is 0 Å². The van der Waals surface area contributed by atoms with Gasteiger partial charge in [-0.05, 0) is 49.7 Å². The number of esters is 2. The van der Waals surface area contributed by atoms with Crippen LogP contribution in [0.1, 0.15) is 23.7 Å². The van der Waals surface area contributed by atoms with E-state index >= 15 is 0 Å². The van der Waals surface area contributed by atoms with Crippen molar-refractivity contribution in [2.75, 3.05) is 30.8 Å². The number of pyridine rings is 1. The van der Waals surface area contributed by atoms with Crippen molar-refractivity contribution in [3.8, 4) is 11.4 Å². The van der Waals surface area contributed by atoms with Gasteiger partial charge in [0.2, 0.25) is 0 Å². The van der Waals surface area contributed by atoms with Crippen LogP contribution in [0, 0.1) is 0 Å². The van der Waals surface area contributed by atoms with Crippen LogP contribution in [0.4, 0.5) is 10.5 Å². The van der Waals surface area contributed by atoms with Gasteiger partial charge in [-0.25, -0.2) is 19.6 Å². The van der Waals surface area contributed by atoms with E-state index in [1.807, 2.05) is 18.2 Å². The Morgan fingerprint density at radius 2 is 1.86 bits per heavy atom. The van der Waals surface area contributed by atoms with Crippen LogP contribution in [0.3, 0.4) is 0 Å². The molecule has 2 N–H and O–H groups in total. The van der Waals surface area contributed by atoms with Crippen molar-refractivity contribution in [2.24, 2.45) is 0 Å². The topological polar surface area (TPSA) is 132 Å². The van der Waals surface area contributed by atoms with Gasteiger partial charge in [0.15, 0.2) is 5.16 Å². The van der Waals surface area contributed by atoms with Crippen molar-refractivity contribution in [3.05, 3.63) is 66.5 Å². The second-order valence-electron chi connectivity index (χ2n) is 6.98. The number of amides is 2. The van der Waals surface area contributed by atoms with Crippen LogP contribution in [-0.4, -0.2) is 58.4 Å². The highest BCUT2D eigenvalue weighted by Gasteiger charge is 2.10. The SMILES string of the molecule is CCOC(=O)c1cccc(NC(=O)NCCCOC(=O)CSc2nccc(-c3ccccn3)n2)c1. The number of carbonyl (C=O) groups excluding carboxylic acids is 3. The van der Waals surface area contributed by atoms with Crippen LogP contribution >= 0.6 is 11.8 Å². The largest absolute Gasteiger partial charge is 0.465 e. The van der Waals surface area contributed by atoms with Crippen LogP contribution in [0.15, 0.2) is 66.1 Å². The number of ether oxygens (including phenoxy) is 2. The molecule has 182 valence electrons. The van der Waals surface area contributed by atoms with Crippen LogP contribution in [-0.2, 0) is 14.3 Å². The average molecular weight is 496 g/mol. The van der Waals surface area contributed by atoms with Gasteiger partial charge in [0.05, 0.1) is 35.9 Å². The lowest BCUT2D eigenvalue weighted by atomic mass is 10.2. The van der Waals surface area contributed by atoms with E-state index in [1.54, 1.807) is 43.6 Å². The zero-order valence-corrected chi connectivity index (χ0v) is 19.9. The lowest BCUT2D eigenvalue weighted by molar-refractivity contribution is -0.140. The first-order valence-electron chi connectivity index (χ1n) is 10.9. The molecule has 3 aromatic rings. The Balaban J connectivity index is 1.32.